The topological polar surface area (TPSA) is 32.3 Å². The Morgan fingerprint density at radius 1 is 1.59 bits per heavy atom. The number of urea groups is 1. The number of nitrogens with one attached hydrogen (secondary N) is 1. The standard InChI is InChI=1S/C13H20N2OS/c1-10-4-3-7-15(9-10)13(16)14-8-12-6-5-11(2)17-12/h5-6,10H,3-4,7-9H2,1-2H3,(H,14,16). The normalized spacial score (nSPS) is 20.4. The Morgan fingerprint density at radius 2 is 2.41 bits per heavy atom. The van der Waals surface area contributed by atoms with Crippen LogP contribution in [0.25, 0.3) is 0 Å². The molecule has 1 N–H and O–H groups in total. The average molecular weight is 252 g/mol. The number of aryl methyl sites for hydroxylation is 1. The summed E-state index contributed by atoms with van der Waals surface area (Å²) in [5, 5.41) is 3.00. The molecule has 0 radical (unpaired) electrons. The van der Waals surface area contributed by atoms with Crippen molar-refractivity contribution in [1.29, 1.82) is 0 Å². The van der Waals surface area contributed by atoms with Gasteiger partial charge in [-0.05, 0) is 37.8 Å². The smallest absolute Gasteiger partial charge is 0.317 e. The summed E-state index contributed by atoms with van der Waals surface area (Å²) >= 11 is 1.74. The highest BCUT2D eigenvalue weighted by molar-refractivity contribution is 7.11. The van der Waals surface area contributed by atoms with Gasteiger partial charge in [-0.25, -0.2) is 4.79 Å². The van der Waals surface area contributed by atoms with Gasteiger partial charge in [0.2, 0.25) is 0 Å². The Hall–Kier alpha value is -1.03. The van der Waals surface area contributed by atoms with E-state index in [2.05, 4.69) is 31.3 Å². The van der Waals surface area contributed by atoms with Crippen molar-refractivity contribution in [3.05, 3.63) is 21.9 Å². The van der Waals surface area contributed by atoms with Crippen molar-refractivity contribution >= 4 is 17.4 Å². The molecule has 3 nitrogen and oxygen atoms in total. The molecule has 0 bridgehead atoms. The Kier molecular flexibility index (Phi) is 4.05. The zero-order valence-electron chi connectivity index (χ0n) is 10.5. The molecule has 2 amide bonds. The molecule has 1 fully saturated rings. The van der Waals surface area contributed by atoms with Crippen molar-refractivity contribution in [1.82, 2.24) is 10.2 Å². The molecule has 0 aliphatic carbocycles. The van der Waals surface area contributed by atoms with E-state index >= 15 is 0 Å². The fraction of sp³-hybridized carbons (Fsp3) is 0.615. The van der Waals surface area contributed by atoms with Crippen LogP contribution in [0.4, 0.5) is 4.79 Å². The second-order valence-electron chi connectivity index (χ2n) is 4.86. The van der Waals surface area contributed by atoms with E-state index in [0.29, 0.717) is 12.5 Å². The van der Waals surface area contributed by atoms with Crippen LogP contribution >= 0.6 is 11.3 Å². The first kappa shape index (κ1) is 12.4. The van der Waals surface area contributed by atoms with E-state index in [0.717, 1.165) is 19.5 Å². The van der Waals surface area contributed by atoms with Crippen molar-refractivity contribution in [3.8, 4) is 0 Å². The van der Waals surface area contributed by atoms with Gasteiger partial charge in [0.05, 0.1) is 6.54 Å². The molecule has 1 saturated heterocycles. The van der Waals surface area contributed by atoms with E-state index in [9.17, 15) is 4.79 Å². The fourth-order valence-electron chi connectivity index (χ4n) is 2.23. The molecule has 1 atom stereocenters. The summed E-state index contributed by atoms with van der Waals surface area (Å²) in [6, 6.07) is 4.26. The van der Waals surface area contributed by atoms with Gasteiger partial charge >= 0.3 is 6.03 Å². The summed E-state index contributed by atoms with van der Waals surface area (Å²) in [5.74, 6) is 0.637. The van der Waals surface area contributed by atoms with Crippen molar-refractivity contribution in [3.63, 3.8) is 0 Å². The Bertz CT molecular complexity index is 389. The van der Waals surface area contributed by atoms with Crippen molar-refractivity contribution in [2.24, 2.45) is 5.92 Å². The molecule has 0 spiro atoms. The number of amides is 2. The van der Waals surface area contributed by atoms with E-state index in [-0.39, 0.29) is 6.03 Å². The van der Waals surface area contributed by atoms with Crippen molar-refractivity contribution < 1.29 is 4.79 Å². The molecular weight excluding hydrogens is 232 g/mol. The zero-order chi connectivity index (χ0) is 12.3. The highest BCUT2D eigenvalue weighted by Crippen LogP contribution is 2.17. The SMILES string of the molecule is Cc1ccc(CNC(=O)N2CCCC(C)C2)s1. The zero-order valence-corrected chi connectivity index (χ0v) is 11.3. The molecule has 1 aliphatic heterocycles. The first-order chi connectivity index (χ1) is 8.15. The van der Waals surface area contributed by atoms with E-state index in [1.165, 1.54) is 16.2 Å². The van der Waals surface area contributed by atoms with Crippen LogP contribution in [-0.4, -0.2) is 24.0 Å². The van der Waals surface area contributed by atoms with Gasteiger partial charge in [0.15, 0.2) is 0 Å². The lowest BCUT2D eigenvalue weighted by molar-refractivity contribution is 0.169. The van der Waals surface area contributed by atoms with Crippen LogP contribution in [0.15, 0.2) is 12.1 Å². The number of carbonyl (C=O) groups excluding carboxylic acids is 1. The van der Waals surface area contributed by atoms with Gasteiger partial charge in [-0.15, -0.1) is 11.3 Å². The molecule has 2 rings (SSSR count). The predicted molar refractivity (Wildman–Crippen MR) is 71.3 cm³/mol. The third-order valence-electron chi connectivity index (χ3n) is 3.15. The lowest BCUT2D eigenvalue weighted by Crippen LogP contribution is -2.44. The molecular formula is C13H20N2OS. The van der Waals surface area contributed by atoms with Gasteiger partial charge in [-0.3, -0.25) is 0 Å². The van der Waals surface area contributed by atoms with Crippen LogP contribution in [0, 0.1) is 12.8 Å². The maximum absolute atomic E-state index is 11.9. The number of thiophene rings is 1. The fourth-order valence-corrected chi connectivity index (χ4v) is 3.06. The molecule has 1 unspecified atom stereocenters. The minimum atomic E-state index is 0.0857. The number of piperidine rings is 1. The Morgan fingerprint density at radius 3 is 3.06 bits per heavy atom. The molecule has 94 valence electrons. The van der Waals surface area contributed by atoms with Gasteiger partial charge in [-0.1, -0.05) is 6.92 Å². The van der Waals surface area contributed by atoms with Gasteiger partial charge in [-0.2, -0.15) is 0 Å². The highest BCUT2D eigenvalue weighted by Gasteiger charge is 2.20. The van der Waals surface area contributed by atoms with Crippen LogP contribution < -0.4 is 5.32 Å². The van der Waals surface area contributed by atoms with E-state index in [1.807, 2.05) is 4.90 Å². The monoisotopic (exact) mass is 252 g/mol. The minimum absolute atomic E-state index is 0.0857. The number of carbonyl (C=O) groups is 1. The molecule has 1 aliphatic rings. The first-order valence-corrected chi connectivity index (χ1v) is 7.05. The highest BCUT2D eigenvalue weighted by atomic mass is 32.1. The summed E-state index contributed by atoms with van der Waals surface area (Å²) in [6.07, 6.45) is 2.38. The van der Waals surface area contributed by atoms with Crippen LogP contribution in [0.2, 0.25) is 0 Å². The average Bonchev–Trinajstić information content (AvgIpc) is 2.72. The lowest BCUT2D eigenvalue weighted by atomic mass is 10.0. The molecule has 2 heterocycles. The summed E-state index contributed by atoms with van der Waals surface area (Å²) in [5.41, 5.74) is 0. The van der Waals surface area contributed by atoms with Crippen LogP contribution in [-0.2, 0) is 6.54 Å². The van der Waals surface area contributed by atoms with Gasteiger partial charge in [0.1, 0.15) is 0 Å². The molecule has 0 aromatic carbocycles. The van der Waals surface area contributed by atoms with Crippen LogP contribution in [0.5, 0.6) is 0 Å². The summed E-state index contributed by atoms with van der Waals surface area (Å²) in [6.45, 7) is 6.75. The molecule has 1 aromatic rings. The molecule has 4 heteroatoms. The molecule has 0 saturated carbocycles. The third-order valence-corrected chi connectivity index (χ3v) is 4.15. The maximum Gasteiger partial charge on any atom is 0.317 e. The first-order valence-electron chi connectivity index (χ1n) is 6.23. The van der Waals surface area contributed by atoms with Crippen LogP contribution in [0.1, 0.15) is 29.5 Å². The summed E-state index contributed by atoms with van der Waals surface area (Å²) in [7, 11) is 0. The second kappa shape index (κ2) is 5.54. The van der Waals surface area contributed by atoms with Crippen molar-refractivity contribution in [2.75, 3.05) is 13.1 Å². The minimum Gasteiger partial charge on any atom is -0.333 e. The van der Waals surface area contributed by atoms with E-state index in [4.69, 9.17) is 0 Å². The van der Waals surface area contributed by atoms with E-state index < -0.39 is 0 Å². The van der Waals surface area contributed by atoms with Gasteiger partial charge in [0, 0.05) is 22.8 Å². The van der Waals surface area contributed by atoms with Gasteiger partial charge in [0.25, 0.3) is 0 Å². The van der Waals surface area contributed by atoms with Gasteiger partial charge < -0.3 is 10.2 Å². The summed E-state index contributed by atoms with van der Waals surface area (Å²) < 4.78 is 0. The predicted octanol–water partition coefficient (Wildman–Crippen LogP) is 3.00. The largest absolute Gasteiger partial charge is 0.333 e. The number of nitrogens with zero attached hydrogens (tertiary/aromatic N) is 1. The van der Waals surface area contributed by atoms with Crippen LogP contribution in [0.3, 0.4) is 0 Å². The number of hydrogen-bond acceptors (Lipinski definition) is 2. The quantitative estimate of drug-likeness (QED) is 0.862. The third kappa shape index (κ3) is 3.46. The number of hydrogen-bond donors (Lipinski definition) is 1. The number of rotatable bonds is 2. The maximum atomic E-state index is 11.9. The Labute approximate surface area is 107 Å². The molecule has 1 aromatic heterocycles. The second-order valence-corrected chi connectivity index (χ2v) is 6.24. The van der Waals surface area contributed by atoms with Crippen molar-refractivity contribution in [2.45, 2.75) is 33.2 Å². The number of likely N-dealkylation sites (tertiary alicyclic amines) is 1. The van der Waals surface area contributed by atoms with E-state index in [1.54, 1.807) is 11.3 Å². The Balaban J connectivity index is 1.80. The molecule has 17 heavy (non-hydrogen) atoms. The lowest BCUT2D eigenvalue weighted by Gasteiger charge is -2.30. The summed E-state index contributed by atoms with van der Waals surface area (Å²) in [4.78, 5) is 16.4.